The van der Waals surface area contributed by atoms with Gasteiger partial charge in [-0.25, -0.2) is 4.79 Å². The Labute approximate surface area is 124 Å². The molecule has 0 heterocycles. The van der Waals surface area contributed by atoms with Gasteiger partial charge in [0.2, 0.25) is 0 Å². The molecule has 0 aromatic carbocycles. The maximum absolute atomic E-state index is 11.0. The van der Waals surface area contributed by atoms with Crippen molar-refractivity contribution in [2.24, 2.45) is 5.92 Å². The molecular formula is C16H23BrO2. The van der Waals surface area contributed by atoms with Crippen molar-refractivity contribution in [3.05, 3.63) is 36.0 Å². The normalized spacial score (nSPS) is 18.6. The highest BCUT2D eigenvalue weighted by Gasteiger charge is 2.06. The molecule has 2 nitrogen and oxygen atoms in total. The number of ether oxygens (including phenoxy) is 1. The molecule has 19 heavy (non-hydrogen) atoms. The van der Waals surface area contributed by atoms with Crippen LogP contribution in [0.2, 0.25) is 0 Å². The third-order valence-corrected chi connectivity index (χ3v) is 3.80. The van der Waals surface area contributed by atoms with E-state index < -0.39 is 0 Å². The predicted octanol–water partition coefficient (Wildman–Crippen LogP) is 4.56. The van der Waals surface area contributed by atoms with Crippen molar-refractivity contribution in [1.29, 1.82) is 0 Å². The van der Waals surface area contributed by atoms with Crippen LogP contribution in [-0.4, -0.2) is 18.4 Å². The number of carbonyl (C=O) groups is 1. The largest absolute Gasteiger partial charge is 0.466 e. The molecule has 3 heteroatoms. The molecular weight excluding hydrogens is 304 g/mol. The number of alkyl halides is 1. The van der Waals surface area contributed by atoms with Crippen molar-refractivity contribution in [3.8, 4) is 0 Å². The van der Waals surface area contributed by atoms with Crippen LogP contribution in [0.5, 0.6) is 0 Å². The van der Waals surface area contributed by atoms with Gasteiger partial charge in [-0.1, -0.05) is 58.6 Å². The Balaban J connectivity index is 2.21. The fourth-order valence-corrected chi connectivity index (χ4v) is 2.45. The number of hydrogen-bond donors (Lipinski definition) is 0. The minimum atomic E-state index is -0.282. The van der Waals surface area contributed by atoms with E-state index >= 15 is 0 Å². The van der Waals surface area contributed by atoms with E-state index in [1.54, 1.807) is 0 Å². The van der Waals surface area contributed by atoms with Crippen LogP contribution in [0.25, 0.3) is 0 Å². The first-order valence-electron chi connectivity index (χ1n) is 6.95. The van der Waals surface area contributed by atoms with Crippen LogP contribution in [0.15, 0.2) is 36.0 Å². The molecule has 0 aromatic rings. The average molecular weight is 327 g/mol. The Kier molecular flexibility index (Phi) is 8.55. The lowest BCUT2D eigenvalue weighted by molar-refractivity contribution is -0.134. The number of halogens is 1. The van der Waals surface area contributed by atoms with Crippen LogP contribution < -0.4 is 0 Å². The molecule has 1 aliphatic rings. The maximum atomic E-state index is 11.0. The van der Waals surface area contributed by atoms with E-state index in [0.29, 0.717) is 5.92 Å². The van der Waals surface area contributed by atoms with Crippen LogP contribution in [0.4, 0.5) is 0 Å². The lowest BCUT2D eigenvalue weighted by atomic mass is 9.93. The summed E-state index contributed by atoms with van der Waals surface area (Å²) in [7, 11) is 1.40. The van der Waals surface area contributed by atoms with Gasteiger partial charge in [0, 0.05) is 11.4 Å². The zero-order chi connectivity index (χ0) is 13.9. The summed E-state index contributed by atoms with van der Waals surface area (Å²) in [4.78, 5) is 11.0. The standard InChI is InChI=1S/C16H23BrO2/c1-19-16(18)12-11-15-9-7-14(8-10-15)6-4-2-3-5-13-17/h7-9,11-12,15H,2-6,10,13H2,1H3. The molecule has 1 atom stereocenters. The summed E-state index contributed by atoms with van der Waals surface area (Å²) in [6.07, 6.45) is 17.4. The molecule has 0 spiro atoms. The molecule has 0 aliphatic heterocycles. The van der Waals surface area contributed by atoms with Crippen LogP contribution in [-0.2, 0) is 9.53 Å². The highest BCUT2D eigenvalue weighted by atomic mass is 79.9. The minimum absolute atomic E-state index is 0.282. The van der Waals surface area contributed by atoms with Crippen molar-refractivity contribution in [1.82, 2.24) is 0 Å². The van der Waals surface area contributed by atoms with Gasteiger partial charge in [-0.05, 0) is 31.6 Å². The van der Waals surface area contributed by atoms with Crippen molar-refractivity contribution in [2.45, 2.75) is 38.5 Å². The SMILES string of the molecule is COC(=O)C=CC1C=CC(CCCCCCBr)=CC1. The second-order valence-electron chi connectivity index (χ2n) is 4.77. The third-order valence-electron chi connectivity index (χ3n) is 3.24. The fourth-order valence-electron chi connectivity index (χ4n) is 2.06. The van der Waals surface area contributed by atoms with Crippen molar-refractivity contribution < 1.29 is 9.53 Å². The quantitative estimate of drug-likeness (QED) is 0.283. The van der Waals surface area contributed by atoms with Gasteiger partial charge in [0.05, 0.1) is 7.11 Å². The minimum Gasteiger partial charge on any atom is -0.466 e. The number of carbonyl (C=O) groups excluding carboxylic acids is 1. The first-order valence-corrected chi connectivity index (χ1v) is 8.07. The molecule has 0 saturated heterocycles. The number of hydrogen-bond acceptors (Lipinski definition) is 2. The zero-order valence-corrected chi connectivity index (χ0v) is 13.2. The summed E-state index contributed by atoms with van der Waals surface area (Å²) in [5.41, 5.74) is 1.43. The fraction of sp³-hybridized carbons (Fsp3) is 0.562. The molecule has 0 N–H and O–H groups in total. The van der Waals surface area contributed by atoms with E-state index in [0.717, 1.165) is 11.8 Å². The lowest BCUT2D eigenvalue weighted by Gasteiger charge is -2.12. The van der Waals surface area contributed by atoms with Gasteiger partial charge in [0.25, 0.3) is 0 Å². The van der Waals surface area contributed by atoms with E-state index in [4.69, 9.17) is 0 Å². The third kappa shape index (κ3) is 7.36. The van der Waals surface area contributed by atoms with Crippen LogP contribution >= 0.6 is 15.9 Å². The second-order valence-corrected chi connectivity index (χ2v) is 5.57. The smallest absolute Gasteiger partial charge is 0.330 e. The molecule has 1 rings (SSSR count). The van der Waals surface area contributed by atoms with E-state index in [9.17, 15) is 4.79 Å². The van der Waals surface area contributed by atoms with Crippen molar-refractivity contribution >= 4 is 21.9 Å². The van der Waals surface area contributed by atoms with Gasteiger partial charge in [-0.3, -0.25) is 0 Å². The van der Waals surface area contributed by atoms with E-state index in [1.165, 1.54) is 50.9 Å². The Morgan fingerprint density at radius 2 is 2.21 bits per heavy atom. The molecule has 0 saturated carbocycles. The van der Waals surface area contributed by atoms with E-state index in [2.05, 4.69) is 38.9 Å². The number of rotatable bonds is 8. The summed E-state index contributed by atoms with van der Waals surface area (Å²) in [5, 5.41) is 1.11. The molecule has 106 valence electrons. The summed E-state index contributed by atoms with van der Waals surface area (Å²) in [6.45, 7) is 0. The Morgan fingerprint density at radius 1 is 1.42 bits per heavy atom. The summed E-state index contributed by atoms with van der Waals surface area (Å²) >= 11 is 3.45. The highest BCUT2D eigenvalue weighted by molar-refractivity contribution is 9.09. The topological polar surface area (TPSA) is 26.3 Å². The number of unbranched alkanes of at least 4 members (excludes halogenated alkanes) is 3. The molecule has 1 unspecified atom stereocenters. The number of allylic oxidation sites excluding steroid dienone is 5. The van der Waals surface area contributed by atoms with Gasteiger partial charge < -0.3 is 4.74 Å². The van der Waals surface area contributed by atoms with Crippen molar-refractivity contribution in [3.63, 3.8) is 0 Å². The van der Waals surface area contributed by atoms with Crippen LogP contribution in [0.3, 0.4) is 0 Å². The molecule has 0 aromatic heterocycles. The van der Waals surface area contributed by atoms with Crippen LogP contribution in [0, 0.1) is 5.92 Å². The monoisotopic (exact) mass is 326 g/mol. The van der Waals surface area contributed by atoms with E-state index in [1.807, 2.05) is 6.08 Å². The second kappa shape index (κ2) is 10.0. The first kappa shape index (κ1) is 16.2. The van der Waals surface area contributed by atoms with Gasteiger partial charge in [0.1, 0.15) is 0 Å². The molecule has 0 radical (unpaired) electrons. The molecule has 0 bridgehead atoms. The maximum Gasteiger partial charge on any atom is 0.330 e. The number of methoxy groups -OCH3 is 1. The Morgan fingerprint density at radius 3 is 2.84 bits per heavy atom. The first-order chi connectivity index (χ1) is 9.26. The molecule has 0 amide bonds. The highest BCUT2D eigenvalue weighted by Crippen LogP contribution is 2.21. The Hall–Kier alpha value is -0.830. The Bertz CT molecular complexity index is 356. The zero-order valence-electron chi connectivity index (χ0n) is 11.6. The molecule has 0 fully saturated rings. The number of esters is 1. The van der Waals surface area contributed by atoms with Gasteiger partial charge in [-0.2, -0.15) is 0 Å². The van der Waals surface area contributed by atoms with Crippen molar-refractivity contribution in [2.75, 3.05) is 12.4 Å². The van der Waals surface area contributed by atoms with Crippen LogP contribution in [0.1, 0.15) is 38.5 Å². The average Bonchev–Trinajstić information content (AvgIpc) is 2.45. The van der Waals surface area contributed by atoms with Gasteiger partial charge in [-0.15, -0.1) is 0 Å². The predicted molar refractivity (Wildman–Crippen MR) is 83.4 cm³/mol. The lowest BCUT2D eigenvalue weighted by Crippen LogP contribution is -2.00. The summed E-state index contributed by atoms with van der Waals surface area (Å²) in [5.74, 6) is 0.0474. The van der Waals surface area contributed by atoms with Gasteiger partial charge >= 0.3 is 5.97 Å². The van der Waals surface area contributed by atoms with Gasteiger partial charge in [0.15, 0.2) is 0 Å². The summed E-state index contributed by atoms with van der Waals surface area (Å²) < 4.78 is 4.58. The van der Waals surface area contributed by atoms with E-state index in [-0.39, 0.29) is 5.97 Å². The summed E-state index contributed by atoms with van der Waals surface area (Å²) in [6, 6.07) is 0. The molecule has 1 aliphatic carbocycles.